The molecule has 0 unspecified atom stereocenters. The molecule has 2 nitrogen and oxygen atoms in total. The maximum Gasteiger partial charge on any atom is 0.0218 e. The summed E-state index contributed by atoms with van der Waals surface area (Å²) in [7, 11) is 0. The van der Waals surface area contributed by atoms with Gasteiger partial charge in [-0.2, -0.15) is 0 Å². The monoisotopic (exact) mass is 200 g/mol. The van der Waals surface area contributed by atoms with Crippen molar-refractivity contribution in [3.63, 3.8) is 0 Å². The fourth-order valence-electron chi connectivity index (χ4n) is 1.58. The van der Waals surface area contributed by atoms with Gasteiger partial charge in [0, 0.05) is 12.6 Å². The number of nitrogens with zero attached hydrogens (tertiary/aromatic N) is 1. The van der Waals surface area contributed by atoms with Gasteiger partial charge in [-0.1, -0.05) is 6.92 Å². The molecule has 0 bridgehead atoms. The van der Waals surface area contributed by atoms with Crippen LogP contribution < -0.4 is 5.73 Å². The topological polar surface area (TPSA) is 29.3 Å². The first-order valence-corrected chi connectivity index (χ1v) is 3.82. The molecule has 1 aliphatic heterocycles. The maximum absolute atomic E-state index is 5.56. The zero-order valence-electron chi connectivity index (χ0n) is 6.95. The first kappa shape index (κ1) is 14.0. The van der Waals surface area contributed by atoms with Gasteiger partial charge in [0.05, 0.1) is 0 Å². The first-order valence-electron chi connectivity index (χ1n) is 3.82. The summed E-state index contributed by atoms with van der Waals surface area (Å²) >= 11 is 0. The average Bonchev–Trinajstić information content (AvgIpc) is 2.33. The lowest BCUT2D eigenvalue weighted by molar-refractivity contribution is 0.272. The van der Waals surface area contributed by atoms with Gasteiger partial charge in [0.2, 0.25) is 0 Å². The predicted octanol–water partition coefficient (Wildman–Crippen LogP) is 1.27. The summed E-state index contributed by atoms with van der Waals surface area (Å²) in [5, 5.41) is 0. The highest BCUT2D eigenvalue weighted by Gasteiger charge is 2.20. The molecule has 4 heteroatoms. The molecule has 0 aromatic carbocycles. The van der Waals surface area contributed by atoms with Gasteiger partial charge in [-0.15, -0.1) is 24.8 Å². The maximum atomic E-state index is 5.56. The molecule has 0 radical (unpaired) electrons. The van der Waals surface area contributed by atoms with Crippen molar-refractivity contribution in [1.29, 1.82) is 0 Å². The minimum absolute atomic E-state index is 0. The average molecular weight is 201 g/mol. The molecular formula is C7H18Cl2N2. The lowest BCUT2D eigenvalue weighted by Gasteiger charge is -2.20. The van der Waals surface area contributed by atoms with Crippen LogP contribution in [0.25, 0.3) is 0 Å². The van der Waals surface area contributed by atoms with Gasteiger partial charge < -0.3 is 5.73 Å². The quantitative estimate of drug-likeness (QED) is 0.729. The summed E-state index contributed by atoms with van der Waals surface area (Å²) in [6.45, 7) is 5.47. The van der Waals surface area contributed by atoms with Crippen molar-refractivity contribution >= 4 is 24.8 Å². The van der Waals surface area contributed by atoms with Gasteiger partial charge in [0.15, 0.2) is 0 Å². The molecular weight excluding hydrogens is 183 g/mol. The number of likely N-dealkylation sites (tertiary alicyclic amines) is 1. The van der Waals surface area contributed by atoms with Gasteiger partial charge >= 0.3 is 0 Å². The van der Waals surface area contributed by atoms with Gasteiger partial charge in [-0.25, -0.2) is 0 Å². The number of hydrogen-bond acceptors (Lipinski definition) is 2. The summed E-state index contributed by atoms with van der Waals surface area (Å²) in [6, 6.07) is 0.690. The highest BCUT2D eigenvalue weighted by molar-refractivity contribution is 5.85. The Balaban J connectivity index is 0. The van der Waals surface area contributed by atoms with E-state index in [-0.39, 0.29) is 24.8 Å². The Morgan fingerprint density at radius 3 is 2.45 bits per heavy atom. The third-order valence-electron chi connectivity index (χ3n) is 2.18. The summed E-state index contributed by atoms with van der Waals surface area (Å²) in [5.41, 5.74) is 5.56. The summed E-state index contributed by atoms with van der Waals surface area (Å²) < 4.78 is 0. The number of rotatable bonds is 2. The fraction of sp³-hybridized carbons (Fsp3) is 1.00. The number of likely N-dealkylation sites (N-methyl/N-ethyl adjacent to an activating group) is 1. The minimum atomic E-state index is 0. The lowest BCUT2D eigenvalue weighted by Crippen LogP contribution is -2.34. The van der Waals surface area contributed by atoms with E-state index >= 15 is 0 Å². The standard InChI is InChI=1S/C7H16N2.2ClH/c1-2-9-5-3-4-7(9)6-8;;/h7H,2-6,8H2,1H3;2*1H/t7-;;/m0../s1. The molecule has 0 saturated carbocycles. The van der Waals surface area contributed by atoms with Crippen LogP contribution in [0.2, 0.25) is 0 Å². The van der Waals surface area contributed by atoms with E-state index in [4.69, 9.17) is 5.73 Å². The minimum Gasteiger partial charge on any atom is -0.329 e. The fourth-order valence-corrected chi connectivity index (χ4v) is 1.58. The van der Waals surface area contributed by atoms with Crippen molar-refractivity contribution < 1.29 is 0 Å². The molecule has 0 spiro atoms. The van der Waals surface area contributed by atoms with Crippen LogP contribution in [0, 0.1) is 0 Å². The first-order chi connectivity index (χ1) is 4.38. The normalized spacial score (nSPS) is 24.0. The third kappa shape index (κ3) is 3.61. The van der Waals surface area contributed by atoms with Gasteiger partial charge in [0.1, 0.15) is 0 Å². The van der Waals surface area contributed by atoms with E-state index in [0.717, 1.165) is 6.54 Å². The molecule has 2 N–H and O–H groups in total. The Labute approximate surface area is 81.3 Å². The molecule has 0 aromatic heterocycles. The molecule has 1 saturated heterocycles. The molecule has 70 valence electrons. The van der Waals surface area contributed by atoms with Gasteiger partial charge in [0.25, 0.3) is 0 Å². The van der Waals surface area contributed by atoms with Gasteiger partial charge in [-0.3, -0.25) is 4.90 Å². The van der Waals surface area contributed by atoms with E-state index in [0.29, 0.717) is 6.04 Å². The van der Waals surface area contributed by atoms with E-state index in [1.165, 1.54) is 25.9 Å². The van der Waals surface area contributed by atoms with Crippen LogP contribution in [0.5, 0.6) is 0 Å². The van der Waals surface area contributed by atoms with Crippen LogP contribution >= 0.6 is 24.8 Å². The van der Waals surface area contributed by atoms with Crippen molar-refractivity contribution in [3.05, 3.63) is 0 Å². The van der Waals surface area contributed by atoms with Crippen LogP contribution in [0.3, 0.4) is 0 Å². The second kappa shape index (κ2) is 7.17. The summed E-state index contributed by atoms with van der Waals surface area (Å²) in [5.74, 6) is 0. The number of halogens is 2. The number of nitrogens with two attached hydrogens (primary N) is 1. The molecule has 1 heterocycles. The molecule has 0 aliphatic carbocycles. The Hall–Kier alpha value is 0.500. The van der Waals surface area contributed by atoms with Crippen molar-refractivity contribution in [1.82, 2.24) is 4.90 Å². The van der Waals surface area contributed by atoms with Crippen LogP contribution in [0.15, 0.2) is 0 Å². The van der Waals surface area contributed by atoms with E-state index in [1.54, 1.807) is 0 Å². The highest BCUT2D eigenvalue weighted by Crippen LogP contribution is 2.14. The van der Waals surface area contributed by atoms with Crippen molar-refractivity contribution in [3.8, 4) is 0 Å². The Morgan fingerprint density at radius 1 is 1.45 bits per heavy atom. The Kier molecular flexibility index (Phi) is 9.15. The third-order valence-corrected chi connectivity index (χ3v) is 2.18. The van der Waals surface area contributed by atoms with Gasteiger partial charge in [-0.05, 0) is 25.9 Å². The molecule has 1 rings (SSSR count). The highest BCUT2D eigenvalue weighted by atomic mass is 35.5. The van der Waals surface area contributed by atoms with Crippen molar-refractivity contribution in [2.24, 2.45) is 5.73 Å². The van der Waals surface area contributed by atoms with E-state index in [2.05, 4.69) is 11.8 Å². The molecule has 1 fully saturated rings. The summed E-state index contributed by atoms with van der Waals surface area (Å²) in [4.78, 5) is 2.46. The molecule has 0 amide bonds. The van der Waals surface area contributed by atoms with Crippen molar-refractivity contribution in [2.45, 2.75) is 25.8 Å². The zero-order valence-corrected chi connectivity index (χ0v) is 8.59. The second-order valence-electron chi connectivity index (χ2n) is 2.66. The van der Waals surface area contributed by atoms with Crippen LogP contribution in [-0.4, -0.2) is 30.6 Å². The zero-order chi connectivity index (χ0) is 6.69. The Morgan fingerprint density at radius 2 is 2.09 bits per heavy atom. The second-order valence-corrected chi connectivity index (χ2v) is 2.66. The van der Waals surface area contributed by atoms with E-state index in [9.17, 15) is 0 Å². The lowest BCUT2D eigenvalue weighted by atomic mass is 10.2. The van der Waals surface area contributed by atoms with E-state index in [1.807, 2.05) is 0 Å². The molecule has 0 aromatic rings. The SMILES string of the molecule is CCN1CCC[C@H]1CN.Cl.Cl. The van der Waals surface area contributed by atoms with Crippen LogP contribution in [0.4, 0.5) is 0 Å². The number of hydrogen-bond donors (Lipinski definition) is 1. The largest absolute Gasteiger partial charge is 0.329 e. The van der Waals surface area contributed by atoms with Crippen LogP contribution in [-0.2, 0) is 0 Å². The van der Waals surface area contributed by atoms with E-state index < -0.39 is 0 Å². The Bertz CT molecular complexity index is 80.5. The van der Waals surface area contributed by atoms with Crippen LogP contribution in [0.1, 0.15) is 19.8 Å². The van der Waals surface area contributed by atoms with Crippen molar-refractivity contribution in [2.75, 3.05) is 19.6 Å². The molecule has 11 heavy (non-hydrogen) atoms. The molecule has 1 atom stereocenters. The molecule has 1 aliphatic rings. The smallest absolute Gasteiger partial charge is 0.0218 e. The predicted molar refractivity (Wildman–Crippen MR) is 53.8 cm³/mol. The summed E-state index contributed by atoms with van der Waals surface area (Å²) in [6.07, 6.45) is 2.65.